The minimum Gasteiger partial charge on any atom is -0.393 e. The molecule has 5 heteroatoms. The molecule has 0 radical (unpaired) electrons. The summed E-state index contributed by atoms with van der Waals surface area (Å²) in [5.74, 6) is -0.403. The molecule has 0 aliphatic heterocycles. The van der Waals surface area contributed by atoms with Crippen LogP contribution in [0.25, 0.3) is 0 Å². The van der Waals surface area contributed by atoms with Gasteiger partial charge in [-0.2, -0.15) is 0 Å². The molecule has 1 rings (SSSR count). The maximum atomic E-state index is 11.9. The van der Waals surface area contributed by atoms with Crippen molar-refractivity contribution in [3.8, 4) is 0 Å². The molecule has 0 aromatic carbocycles. The van der Waals surface area contributed by atoms with E-state index in [9.17, 15) is 9.90 Å². The Bertz CT molecular complexity index is 225. The van der Waals surface area contributed by atoms with E-state index in [-0.39, 0.29) is 0 Å². The summed E-state index contributed by atoms with van der Waals surface area (Å²) in [5.41, 5.74) is 10.5. The lowest BCUT2D eigenvalue weighted by Crippen LogP contribution is -2.57. The van der Waals surface area contributed by atoms with Gasteiger partial charge in [0.1, 0.15) is 6.10 Å². The molecule has 0 spiro atoms. The van der Waals surface area contributed by atoms with Crippen molar-refractivity contribution in [2.75, 3.05) is 6.61 Å². The number of Topliss-reactive ketones (excluding diaryl/α,β-unsaturated/α-hetero) is 1. The van der Waals surface area contributed by atoms with Crippen LogP contribution in [0.5, 0.6) is 0 Å². The average Bonchev–Trinajstić information content (AvgIpc) is 2.27. The molecule has 5 nitrogen and oxygen atoms in total. The SMILES string of the molecule is NC(N)C1(C(=O)C(O)CO)CCCCC1. The van der Waals surface area contributed by atoms with E-state index in [1.165, 1.54) is 0 Å². The fourth-order valence-electron chi connectivity index (χ4n) is 2.34. The maximum Gasteiger partial charge on any atom is 0.172 e. The molecule has 0 aromatic heterocycles. The van der Waals surface area contributed by atoms with Gasteiger partial charge in [0.2, 0.25) is 0 Å². The molecular weight excluding hydrogens is 196 g/mol. The van der Waals surface area contributed by atoms with Crippen molar-refractivity contribution in [2.24, 2.45) is 16.9 Å². The van der Waals surface area contributed by atoms with Crippen LogP contribution in [-0.4, -0.2) is 34.9 Å². The number of aliphatic hydroxyl groups excluding tert-OH is 2. The van der Waals surface area contributed by atoms with Crippen molar-refractivity contribution in [1.82, 2.24) is 0 Å². The number of carbonyl (C=O) groups excluding carboxylic acids is 1. The van der Waals surface area contributed by atoms with E-state index >= 15 is 0 Å². The van der Waals surface area contributed by atoms with Crippen LogP contribution in [0.2, 0.25) is 0 Å². The highest BCUT2D eigenvalue weighted by Crippen LogP contribution is 2.38. The van der Waals surface area contributed by atoms with E-state index in [2.05, 4.69) is 0 Å². The topological polar surface area (TPSA) is 110 Å². The Morgan fingerprint density at radius 2 is 1.80 bits per heavy atom. The highest BCUT2D eigenvalue weighted by atomic mass is 16.3. The van der Waals surface area contributed by atoms with Crippen molar-refractivity contribution in [3.63, 3.8) is 0 Å². The molecule has 0 aromatic rings. The largest absolute Gasteiger partial charge is 0.393 e. The number of hydrogen-bond donors (Lipinski definition) is 4. The normalized spacial score (nSPS) is 22.7. The van der Waals surface area contributed by atoms with E-state index in [0.717, 1.165) is 19.3 Å². The lowest BCUT2D eigenvalue weighted by molar-refractivity contribution is -0.142. The second-order valence-corrected chi connectivity index (χ2v) is 4.31. The molecular formula is C10H20N2O3. The van der Waals surface area contributed by atoms with Gasteiger partial charge in [-0.15, -0.1) is 0 Å². The van der Waals surface area contributed by atoms with E-state index in [4.69, 9.17) is 16.6 Å². The molecule has 0 heterocycles. The van der Waals surface area contributed by atoms with Gasteiger partial charge < -0.3 is 21.7 Å². The van der Waals surface area contributed by atoms with Crippen LogP contribution in [0.3, 0.4) is 0 Å². The highest BCUT2D eigenvalue weighted by molar-refractivity contribution is 5.89. The Balaban J connectivity index is 2.84. The predicted octanol–water partition coefficient (Wildman–Crippen LogP) is -0.897. The summed E-state index contributed by atoms with van der Waals surface area (Å²) in [5, 5.41) is 18.2. The van der Waals surface area contributed by atoms with Gasteiger partial charge >= 0.3 is 0 Å². The highest BCUT2D eigenvalue weighted by Gasteiger charge is 2.45. The third-order valence-corrected chi connectivity index (χ3v) is 3.35. The summed E-state index contributed by atoms with van der Waals surface area (Å²) in [7, 11) is 0. The summed E-state index contributed by atoms with van der Waals surface area (Å²) in [4.78, 5) is 11.9. The van der Waals surface area contributed by atoms with Crippen LogP contribution in [0.4, 0.5) is 0 Å². The quantitative estimate of drug-likeness (QED) is 0.455. The molecule has 0 bridgehead atoms. The first-order valence-electron chi connectivity index (χ1n) is 5.39. The molecule has 0 saturated heterocycles. The number of nitrogens with two attached hydrogens (primary N) is 2. The molecule has 1 aliphatic carbocycles. The Labute approximate surface area is 89.4 Å². The predicted molar refractivity (Wildman–Crippen MR) is 55.8 cm³/mol. The van der Waals surface area contributed by atoms with Crippen molar-refractivity contribution < 1.29 is 15.0 Å². The van der Waals surface area contributed by atoms with Crippen molar-refractivity contribution in [3.05, 3.63) is 0 Å². The number of aliphatic hydroxyl groups is 2. The third kappa shape index (κ3) is 2.36. The van der Waals surface area contributed by atoms with E-state index in [1.54, 1.807) is 0 Å². The van der Waals surface area contributed by atoms with E-state index in [0.29, 0.717) is 12.8 Å². The second kappa shape index (κ2) is 5.03. The lowest BCUT2D eigenvalue weighted by atomic mass is 9.68. The molecule has 1 atom stereocenters. The number of carbonyl (C=O) groups is 1. The van der Waals surface area contributed by atoms with Gasteiger partial charge in [-0.05, 0) is 12.8 Å². The van der Waals surface area contributed by atoms with E-state index in [1.807, 2.05) is 0 Å². The third-order valence-electron chi connectivity index (χ3n) is 3.35. The van der Waals surface area contributed by atoms with Crippen LogP contribution in [0.15, 0.2) is 0 Å². The number of rotatable bonds is 4. The zero-order chi connectivity index (χ0) is 11.5. The molecule has 1 fully saturated rings. The summed E-state index contributed by atoms with van der Waals surface area (Å²) in [6.07, 6.45) is 1.98. The van der Waals surface area contributed by atoms with Gasteiger partial charge in [0.05, 0.1) is 18.2 Å². The van der Waals surface area contributed by atoms with Gasteiger partial charge in [0, 0.05) is 0 Å². The minimum absolute atomic E-state index is 0.403. The van der Waals surface area contributed by atoms with Gasteiger partial charge in [0.15, 0.2) is 5.78 Å². The summed E-state index contributed by atoms with van der Waals surface area (Å²) in [6.45, 7) is -0.562. The van der Waals surface area contributed by atoms with Crippen LogP contribution in [0.1, 0.15) is 32.1 Å². The Kier molecular flexibility index (Phi) is 4.21. The summed E-state index contributed by atoms with van der Waals surface area (Å²) >= 11 is 0. The minimum atomic E-state index is -1.35. The molecule has 6 N–H and O–H groups in total. The Morgan fingerprint density at radius 3 is 2.20 bits per heavy atom. The van der Waals surface area contributed by atoms with E-state index < -0.39 is 30.1 Å². The van der Waals surface area contributed by atoms with Crippen molar-refractivity contribution >= 4 is 5.78 Å². The molecule has 0 amide bonds. The second-order valence-electron chi connectivity index (χ2n) is 4.31. The Hall–Kier alpha value is -0.490. The zero-order valence-corrected chi connectivity index (χ0v) is 8.85. The van der Waals surface area contributed by atoms with Crippen LogP contribution < -0.4 is 11.5 Å². The number of ketones is 1. The lowest BCUT2D eigenvalue weighted by Gasteiger charge is -2.39. The van der Waals surface area contributed by atoms with Gasteiger partial charge in [-0.25, -0.2) is 0 Å². The molecule has 1 unspecified atom stereocenters. The molecule has 1 aliphatic rings. The maximum absolute atomic E-state index is 11.9. The van der Waals surface area contributed by atoms with Crippen LogP contribution in [0, 0.1) is 5.41 Å². The first-order chi connectivity index (χ1) is 7.04. The zero-order valence-electron chi connectivity index (χ0n) is 8.85. The van der Waals surface area contributed by atoms with Crippen LogP contribution in [-0.2, 0) is 4.79 Å². The molecule has 1 saturated carbocycles. The summed E-state index contributed by atoms with van der Waals surface area (Å²) < 4.78 is 0. The fraction of sp³-hybridized carbons (Fsp3) is 0.900. The standard InChI is InChI=1S/C10H20N2O3/c11-9(12)10(4-2-1-3-5-10)8(15)7(14)6-13/h7,9,13-14H,1-6,11-12H2. The Morgan fingerprint density at radius 1 is 1.27 bits per heavy atom. The first kappa shape index (κ1) is 12.6. The smallest absolute Gasteiger partial charge is 0.172 e. The van der Waals surface area contributed by atoms with Gasteiger partial charge in [-0.3, -0.25) is 4.79 Å². The monoisotopic (exact) mass is 216 g/mol. The van der Waals surface area contributed by atoms with Gasteiger partial charge in [0.25, 0.3) is 0 Å². The van der Waals surface area contributed by atoms with Crippen molar-refractivity contribution in [2.45, 2.75) is 44.4 Å². The fourth-order valence-corrected chi connectivity index (χ4v) is 2.34. The molecule has 88 valence electrons. The summed E-state index contributed by atoms with van der Waals surface area (Å²) in [6, 6.07) is 0. The number of hydrogen-bond acceptors (Lipinski definition) is 5. The van der Waals surface area contributed by atoms with Crippen LogP contribution >= 0.6 is 0 Å². The average molecular weight is 216 g/mol. The van der Waals surface area contributed by atoms with Crippen molar-refractivity contribution in [1.29, 1.82) is 0 Å². The molecule has 15 heavy (non-hydrogen) atoms. The first-order valence-corrected chi connectivity index (χ1v) is 5.39. The van der Waals surface area contributed by atoms with Gasteiger partial charge in [-0.1, -0.05) is 19.3 Å².